The number of carbonyl (C=O) groups is 2. The van der Waals surface area contributed by atoms with E-state index in [9.17, 15) is 9.59 Å². The highest BCUT2D eigenvalue weighted by atomic mass is 16.6. The molecule has 1 aromatic heterocycles. The Labute approximate surface area is 123 Å². The van der Waals surface area contributed by atoms with E-state index in [4.69, 9.17) is 10.5 Å². The van der Waals surface area contributed by atoms with Crippen LogP contribution >= 0.6 is 0 Å². The largest absolute Gasteiger partial charge is 0.447 e. The molecule has 116 valence electrons. The second-order valence-corrected chi connectivity index (χ2v) is 4.87. The molecule has 3 N–H and O–H groups in total. The van der Waals surface area contributed by atoms with Crippen LogP contribution in [0.5, 0.6) is 0 Å². The van der Waals surface area contributed by atoms with Crippen molar-refractivity contribution in [2.24, 2.45) is 5.73 Å². The molecule has 1 fully saturated rings. The van der Waals surface area contributed by atoms with Gasteiger partial charge in [0, 0.05) is 32.0 Å². The number of nitrogens with two attached hydrogens (primary N) is 1. The van der Waals surface area contributed by atoms with Gasteiger partial charge >= 0.3 is 6.09 Å². The first-order valence-electron chi connectivity index (χ1n) is 7.09. The van der Waals surface area contributed by atoms with Crippen molar-refractivity contribution in [3.05, 3.63) is 18.7 Å². The molecule has 1 aliphatic rings. The van der Waals surface area contributed by atoms with E-state index >= 15 is 0 Å². The summed E-state index contributed by atoms with van der Waals surface area (Å²) in [4.78, 5) is 29.0. The highest BCUT2D eigenvalue weighted by molar-refractivity contribution is 5.87. The molecule has 1 aromatic rings. The SMILES string of the molecule is NCCCN1C(=O)OC[C@H]1C(=O)NCCCn1ccnc1. The van der Waals surface area contributed by atoms with Crippen molar-refractivity contribution >= 4 is 12.0 Å². The van der Waals surface area contributed by atoms with Gasteiger partial charge in [-0.2, -0.15) is 0 Å². The van der Waals surface area contributed by atoms with E-state index < -0.39 is 12.1 Å². The number of carbonyl (C=O) groups excluding carboxylic acids is 2. The Bertz CT molecular complexity index is 462. The first-order valence-corrected chi connectivity index (χ1v) is 7.09. The van der Waals surface area contributed by atoms with E-state index in [2.05, 4.69) is 10.3 Å². The fraction of sp³-hybridized carbons (Fsp3) is 0.615. The summed E-state index contributed by atoms with van der Waals surface area (Å²) in [5.41, 5.74) is 5.43. The topological polar surface area (TPSA) is 102 Å². The minimum Gasteiger partial charge on any atom is -0.447 e. The summed E-state index contributed by atoms with van der Waals surface area (Å²) < 4.78 is 6.88. The first kappa shape index (κ1) is 15.3. The van der Waals surface area contributed by atoms with Crippen LogP contribution in [0, 0.1) is 0 Å². The molecular weight excluding hydrogens is 274 g/mol. The van der Waals surface area contributed by atoms with Crippen molar-refractivity contribution in [1.82, 2.24) is 19.8 Å². The molecule has 2 amide bonds. The summed E-state index contributed by atoms with van der Waals surface area (Å²) in [6.45, 7) is 2.37. The van der Waals surface area contributed by atoms with E-state index in [1.54, 1.807) is 12.5 Å². The molecule has 0 saturated carbocycles. The van der Waals surface area contributed by atoms with Crippen LogP contribution in [0.4, 0.5) is 4.79 Å². The van der Waals surface area contributed by atoms with Crippen molar-refractivity contribution < 1.29 is 14.3 Å². The highest BCUT2D eigenvalue weighted by Gasteiger charge is 2.37. The minimum absolute atomic E-state index is 0.108. The predicted molar refractivity (Wildman–Crippen MR) is 75.4 cm³/mol. The van der Waals surface area contributed by atoms with E-state index in [1.807, 2.05) is 10.8 Å². The maximum Gasteiger partial charge on any atom is 0.410 e. The fourth-order valence-corrected chi connectivity index (χ4v) is 2.19. The minimum atomic E-state index is -0.544. The zero-order chi connectivity index (χ0) is 15.1. The van der Waals surface area contributed by atoms with Crippen molar-refractivity contribution in [1.29, 1.82) is 0 Å². The number of hydrogen-bond acceptors (Lipinski definition) is 5. The Morgan fingerprint density at radius 1 is 1.48 bits per heavy atom. The summed E-state index contributed by atoms with van der Waals surface area (Å²) >= 11 is 0. The lowest BCUT2D eigenvalue weighted by atomic mass is 10.2. The number of ether oxygens (including phenoxy) is 1. The van der Waals surface area contributed by atoms with Gasteiger partial charge in [-0.05, 0) is 19.4 Å². The van der Waals surface area contributed by atoms with Gasteiger partial charge in [-0.1, -0.05) is 0 Å². The number of nitrogens with zero attached hydrogens (tertiary/aromatic N) is 3. The maximum atomic E-state index is 12.1. The van der Waals surface area contributed by atoms with Crippen LogP contribution in [0.1, 0.15) is 12.8 Å². The molecule has 1 aliphatic heterocycles. The lowest BCUT2D eigenvalue weighted by molar-refractivity contribution is -0.124. The van der Waals surface area contributed by atoms with Gasteiger partial charge in [0.05, 0.1) is 6.33 Å². The number of aromatic nitrogens is 2. The second kappa shape index (κ2) is 7.63. The van der Waals surface area contributed by atoms with E-state index in [1.165, 1.54) is 4.90 Å². The summed E-state index contributed by atoms with van der Waals surface area (Å²) in [7, 11) is 0. The molecule has 0 aliphatic carbocycles. The number of cyclic esters (lactones) is 1. The van der Waals surface area contributed by atoms with Crippen molar-refractivity contribution in [2.75, 3.05) is 26.2 Å². The van der Waals surface area contributed by atoms with Crippen LogP contribution in [-0.2, 0) is 16.1 Å². The van der Waals surface area contributed by atoms with Gasteiger partial charge in [-0.25, -0.2) is 9.78 Å². The maximum absolute atomic E-state index is 12.1. The normalized spacial score (nSPS) is 17.9. The summed E-state index contributed by atoms with van der Waals surface area (Å²) in [5.74, 6) is -0.177. The molecule has 1 saturated heterocycles. The molecule has 0 aromatic carbocycles. The Hall–Kier alpha value is -2.09. The average Bonchev–Trinajstić information content (AvgIpc) is 3.11. The first-order chi connectivity index (χ1) is 10.2. The Morgan fingerprint density at radius 2 is 2.33 bits per heavy atom. The lowest BCUT2D eigenvalue weighted by Crippen LogP contribution is -2.46. The van der Waals surface area contributed by atoms with E-state index in [-0.39, 0.29) is 12.5 Å². The van der Waals surface area contributed by atoms with Gasteiger partial charge in [-0.3, -0.25) is 9.69 Å². The van der Waals surface area contributed by atoms with Crippen LogP contribution in [0.3, 0.4) is 0 Å². The number of nitrogens with one attached hydrogen (secondary N) is 1. The second-order valence-electron chi connectivity index (χ2n) is 4.87. The molecule has 8 nitrogen and oxygen atoms in total. The molecule has 2 heterocycles. The smallest absolute Gasteiger partial charge is 0.410 e. The molecule has 21 heavy (non-hydrogen) atoms. The Kier molecular flexibility index (Phi) is 5.56. The average molecular weight is 295 g/mol. The van der Waals surface area contributed by atoms with Crippen molar-refractivity contribution in [3.63, 3.8) is 0 Å². The van der Waals surface area contributed by atoms with Crippen LogP contribution in [-0.4, -0.2) is 58.7 Å². The molecular formula is C13H21N5O3. The van der Waals surface area contributed by atoms with Gasteiger partial charge in [0.2, 0.25) is 5.91 Å². The number of hydrogen-bond donors (Lipinski definition) is 2. The summed E-state index contributed by atoms with van der Waals surface area (Å²) in [6, 6.07) is -0.544. The van der Waals surface area contributed by atoms with E-state index in [0.29, 0.717) is 26.1 Å². The van der Waals surface area contributed by atoms with Gasteiger partial charge in [0.25, 0.3) is 0 Å². The fourth-order valence-electron chi connectivity index (χ4n) is 2.19. The predicted octanol–water partition coefficient (Wildman–Crippen LogP) is -0.441. The molecule has 0 radical (unpaired) electrons. The van der Waals surface area contributed by atoms with Crippen molar-refractivity contribution in [3.8, 4) is 0 Å². The van der Waals surface area contributed by atoms with Crippen LogP contribution in [0.25, 0.3) is 0 Å². The third kappa shape index (κ3) is 4.19. The van der Waals surface area contributed by atoms with Gasteiger partial charge in [0.1, 0.15) is 12.6 Å². The van der Waals surface area contributed by atoms with Gasteiger partial charge in [0.15, 0.2) is 0 Å². The third-order valence-corrected chi connectivity index (χ3v) is 3.33. The molecule has 8 heteroatoms. The number of imidazole rings is 1. The zero-order valence-corrected chi connectivity index (χ0v) is 11.9. The molecule has 0 unspecified atom stereocenters. The summed E-state index contributed by atoms with van der Waals surface area (Å²) in [6.07, 6.45) is 6.34. The van der Waals surface area contributed by atoms with Crippen LogP contribution < -0.4 is 11.1 Å². The monoisotopic (exact) mass is 295 g/mol. The quantitative estimate of drug-likeness (QED) is 0.633. The third-order valence-electron chi connectivity index (χ3n) is 3.33. The molecule has 0 spiro atoms. The Balaban J connectivity index is 1.72. The number of amides is 2. The van der Waals surface area contributed by atoms with Crippen LogP contribution in [0.2, 0.25) is 0 Å². The zero-order valence-electron chi connectivity index (χ0n) is 11.9. The molecule has 1 atom stereocenters. The molecule has 0 bridgehead atoms. The van der Waals surface area contributed by atoms with Crippen LogP contribution in [0.15, 0.2) is 18.7 Å². The van der Waals surface area contributed by atoms with Gasteiger partial charge in [-0.15, -0.1) is 0 Å². The standard InChI is InChI=1S/C13H21N5O3/c14-3-1-7-18-11(9-21-13(18)20)12(19)16-4-2-6-17-8-5-15-10-17/h5,8,10-11H,1-4,6-7,9,14H2,(H,16,19)/t11-/m0/s1. The number of rotatable bonds is 8. The number of aryl methyl sites for hydroxylation is 1. The molecule has 2 rings (SSSR count). The van der Waals surface area contributed by atoms with Gasteiger partial charge < -0.3 is 20.4 Å². The van der Waals surface area contributed by atoms with E-state index in [0.717, 1.165) is 13.0 Å². The lowest BCUT2D eigenvalue weighted by Gasteiger charge is -2.20. The Morgan fingerprint density at radius 3 is 3.05 bits per heavy atom. The summed E-state index contributed by atoms with van der Waals surface area (Å²) in [5, 5.41) is 2.84. The van der Waals surface area contributed by atoms with Crippen molar-refractivity contribution in [2.45, 2.75) is 25.4 Å². The highest BCUT2D eigenvalue weighted by Crippen LogP contribution is 2.12.